The van der Waals surface area contributed by atoms with Gasteiger partial charge in [0.05, 0.1) is 6.54 Å². The van der Waals surface area contributed by atoms with Crippen LogP contribution in [0.4, 0.5) is 0 Å². The molecule has 6 heteroatoms. The normalized spacial score (nSPS) is 20.6. The van der Waals surface area contributed by atoms with E-state index in [0.29, 0.717) is 0 Å². The third kappa shape index (κ3) is 4.02. The van der Waals surface area contributed by atoms with Gasteiger partial charge >= 0.3 is 5.97 Å². The molecule has 1 N–H and O–H groups in total. The Balaban J connectivity index is 1.91. The molecule has 1 fully saturated rings. The first-order valence-corrected chi connectivity index (χ1v) is 7.00. The van der Waals surface area contributed by atoms with Gasteiger partial charge in [0.15, 0.2) is 0 Å². The van der Waals surface area contributed by atoms with Crippen LogP contribution in [0.15, 0.2) is 6.33 Å². The number of hydrogen-bond donors (Lipinski definition) is 1. The van der Waals surface area contributed by atoms with Gasteiger partial charge in [0.25, 0.3) is 0 Å². The van der Waals surface area contributed by atoms with E-state index in [1.54, 1.807) is 6.33 Å². The lowest BCUT2D eigenvalue weighted by atomic mass is 9.95. The van der Waals surface area contributed by atoms with Crippen molar-refractivity contribution >= 4 is 5.97 Å². The lowest BCUT2D eigenvalue weighted by Gasteiger charge is -2.31. The number of aromatic nitrogens is 3. The van der Waals surface area contributed by atoms with Crippen molar-refractivity contribution in [3.8, 4) is 0 Å². The van der Waals surface area contributed by atoms with Crippen molar-refractivity contribution in [2.45, 2.75) is 45.7 Å². The molecule has 1 saturated heterocycles. The molecule has 1 aliphatic rings. The molecule has 1 atom stereocenters. The highest BCUT2D eigenvalue weighted by atomic mass is 16.4. The summed E-state index contributed by atoms with van der Waals surface area (Å²) in [4.78, 5) is 17.4. The minimum absolute atomic E-state index is 0.272. The molecule has 0 amide bonds. The second kappa shape index (κ2) is 6.65. The molecule has 0 aliphatic carbocycles. The van der Waals surface area contributed by atoms with Crippen LogP contribution in [0.25, 0.3) is 0 Å². The van der Waals surface area contributed by atoms with Crippen LogP contribution in [0.3, 0.4) is 0 Å². The first kappa shape index (κ1) is 14.0. The Labute approximate surface area is 113 Å². The molecule has 6 nitrogen and oxygen atoms in total. The number of aliphatic carboxylic acids is 1. The Morgan fingerprint density at radius 1 is 1.58 bits per heavy atom. The van der Waals surface area contributed by atoms with E-state index in [-0.39, 0.29) is 12.3 Å². The van der Waals surface area contributed by atoms with Crippen molar-refractivity contribution in [1.29, 1.82) is 0 Å². The summed E-state index contributed by atoms with van der Waals surface area (Å²) in [5.41, 5.74) is 0. The third-order valence-corrected chi connectivity index (χ3v) is 3.56. The van der Waals surface area contributed by atoms with Crippen molar-refractivity contribution in [2.24, 2.45) is 5.92 Å². The third-order valence-electron chi connectivity index (χ3n) is 3.56. The molecular formula is C13H22N4O2. The maximum atomic E-state index is 10.8. The summed E-state index contributed by atoms with van der Waals surface area (Å²) in [6.07, 6.45) is 5.00. The van der Waals surface area contributed by atoms with Gasteiger partial charge < -0.3 is 5.11 Å². The predicted molar refractivity (Wildman–Crippen MR) is 70.6 cm³/mol. The molecule has 2 heterocycles. The number of piperidine rings is 1. The van der Waals surface area contributed by atoms with Gasteiger partial charge in [-0.1, -0.05) is 6.92 Å². The quantitative estimate of drug-likeness (QED) is 0.842. The average Bonchev–Trinajstić information content (AvgIpc) is 2.77. The zero-order valence-electron chi connectivity index (χ0n) is 11.5. The summed E-state index contributed by atoms with van der Waals surface area (Å²) in [5, 5.41) is 13.1. The van der Waals surface area contributed by atoms with E-state index in [9.17, 15) is 4.79 Å². The molecule has 0 spiro atoms. The molecule has 19 heavy (non-hydrogen) atoms. The fraction of sp³-hybridized carbons (Fsp3) is 0.769. The molecule has 106 valence electrons. The summed E-state index contributed by atoms with van der Waals surface area (Å²) < 4.78 is 1.95. The van der Waals surface area contributed by atoms with E-state index < -0.39 is 5.97 Å². The summed E-state index contributed by atoms with van der Waals surface area (Å²) in [5.74, 6) is 0.563. The number of aryl methyl sites for hydroxylation is 1. The van der Waals surface area contributed by atoms with E-state index in [2.05, 4.69) is 21.9 Å². The fourth-order valence-electron chi connectivity index (χ4n) is 2.72. The largest absolute Gasteiger partial charge is 0.481 e. The van der Waals surface area contributed by atoms with Crippen LogP contribution in [-0.2, 0) is 17.9 Å². The Bertz CT molecular complexity index is 419. The fourth-order valence-corrected chi connectivity index (χ4v) is 2.72. The monoisotopic (exact) mass is 266 g/mol. The molecule has 1 aliphatic heterocycles. The molecule has 0 saturated carbocycles. The minimum atomic E-state index is -0.694. The smallest absolute Gasteiger partial charge is 0.303 e. The van der Waals surface area contributed by atoms with Crippen molar-refractivity contribution in [3.63, 3.8) is 0 Å². The van der Waals surface area contributed by atoms with Crippen molar-refractivity contribution in [3.05, 3.63) is 12.2 Å². The van der Waals surface area contributed by atoms with Crippen LogP contribution in [0, 0.1) is 5.92 Å². The lowest BCUT2D eigenvalue weighted by molar-refractivity contribution is -0.138. The number of nitrogens with zero attached hydrogens (tertiary/aromatic N) is 4. The van der Waals surface area contributed by atoms with Crippen LogP contribution in [0.2, 0.25) is 0 Å². The van der Waals surface area contributed by atoms with Crippen molar-refractivity contribution in [2.75, 3.05) is 13.1 Å². The number of carboxylic acid groups (broad SMARTS) is 1. The van der Waals surface area contributed by atoms with Gasteiger partial charge in [-0.2, -0.15) is 5.10 Å². The standard InChI is InChI=1S/C13H22N4O2/c1-2-5-17-12(14-10-15-17)9-16-6-3-4-11(8-16)7-13(18)19/h10-11H,2-9H2,1H3,(H,18,19). The first-order chi connectivity index (χ1) is 9.19. The van der Waals surface area contributed by atoms with E-state index in [4.69, 9.17) is 5.11 Å². The summed E-state index contributed by atoms with van der Waals surface area (Å²) in [6.45, 7) is 5.66. The number of carbonyl (C=O) groups is 1. The minimum Gasteiger partial charge on any atom is -0.481 e. The van der Waals surface area contributed by atoms with E-state index in [1.165, 1.54) is 0 Å². The molecule has 0 aromatic carbocycles. The van der Waals surface area contributed by atoms with Gasteiger partial charge in [-0.15, -0.1) is 0 Å². The second-order valence-corrected chi connectivity index (χ2v) is 5.24. The Morgan fingerprint density at radius 3 is 3.16 bits per heavy atom. The van der Waals surface area contributed by atoms with E-state index in [1.807, 2.05) is 4.68 Å². The van der Waals surface area contributed by atoms with Crippen LogP contribution in [-0.4, -0.2) is 43.8 Å². The van der Waals surface area contributed by atoms with Crippen LogP contribution in [0.5, 0.6) is 0 Å². The highest BCUT2D eigenvalue weighted by Gasteiger charge is 2.23. The summed E-state index contributed by atoms with van der Waals surface area (Å²) >= 11 is 0. The van der Waals surface area contributed by atoms with E-state index in [0.717, 1.165) is 51.3 Å². The Kier molecular flexibility index (Phi) is 4.90. The predicted octanol–water partition coefficient (Wildman–Crippen LogP) is 1.37. The lowest BCUT2D eigenvalue weighted by Crippen LogP contribution is -2.36. The molecule has 1 aromatic rings. The number of carboxylic acids is 1. The SMILES string of the molecule is CCCn1ncnc1CN1CCCC(CC(=O)O)C1. The maximum absolute atomic E-state index is 10.8. The van der Waals surface area contributed by atoms with E-state index >= 15 is 0 Å². The van der Waals surface area contributed by atoms with Gasteiger partial charge in [0.1, 0.15) is 12.2 Å². The Hall–Kier alpha value is -1.43. The molecule has 1 aromatic heterocycles. The number of likely N-dealkylation sites (tertiary alicyclic amines) is 1. The van der Waals surface area contributed by atoms with Gasteiger partial charge in [-0.05, 0) is 31.7 Å². The molecule has 2 rings (SSSR count). The van der Waals surface area contributed by atoms with Gasteiger partial charge in [0, 0.05) is 19.5 Å². The number of rotatable bonds is 6. The molecular weight excluding hydrogens is 244 g/mol. The van der Waals surface area contributed by atoms with Crippen molar-refractivity contribution in [1.82, 2.24) is 19.7 Å². The number of hydrogen-bond acceptors (Lipinski definition) is 4. The average molecular weight is 266 g/mol. The molecule has 0 radical (unpaired) electrons. The zero-order valence-corrected chi connectivity index (χ0v) is 11.5. The van der Waals surface area contributed by atoms with Gasteiger partial charge in [0.2, 0.25) is 0 Å². The zero-order chi connectivity index (χ0) is 13.7. The van der Waals surface area contributed by atoms with Crippen molar-refractivity contribution < 1.29 is 9.90 Å². The Morgan fingerprint density at radius 2 is 2.42 bits per heavy atom. The first-order valence-electron chi connectivity index (χ1n) is 7.00. The maximum Gasteiger partial charge on any atom is 0.303 e. The highest BCUT2D eigenvalue weighted by Crippen LogP contribution is 2.20. The van der Waals surface area contributed by atoms with Crippen LogP contribution >= 0.6 is 0 Å². The molecule has 1 unspecified atom stereocenters. The molecule has 0 bridgehead atoms. The summed E-state index contributed by atoms with van der Waals surface area (Å²) in [6, 6.07) is 0. The van der Waals surface area contributed by atoms with Gasteiger partial charge in [-0.3, -0.25) is 9.69 Å². The van der Waals surface area contributed by atoms with Crippen LogP contribution < -0.4 is 0 Å². The topological polar surface area (TPSA) is 71.2 Å². The van der Waals surface area contributed by atoms with Crippen LogP contribution in [0.1, 0.15) is 38.4 Å². The second-order valence-electron chi connectivity index (χ2n) is 5.24. The summed E-state index contributed by atoms with van der Waals surface area (Å²) in [7, 11) is 0. The van der Waals surface area contributed by atoms with Gasteiger partial charge in [-0.25, -0.2) is 9.67 Å². The highest BCUT2D eigenvalue weighted by molar-refractivity contribution is 5.67.